The van der Waals surface area contributed by atoms with Crippen LogP contribution >= 0.6 is 11.6 Å². The van der Waals surface area contributed by atoms with Crippen LogP contribution in [0.1, 0.15) is 39.0 Å². The summed E-state index contributed by atoms with van der Waals surface area (Å²) in [6.45, 7) is 2.19. The molecule has 1 rings (SSSR count). The zero-order chi connectivity index (χ0) is 12.7. The number of nitrogens with two attached hydrogens (primary N) is 1. The highest BCUT2D eigenvalue weighted by Crippen LogP contribution is 2.21. The first kappa shape index (κ1) is 14.5. The SMILES string of the molecule is CCCCCCCS(=O)c1ccc(Cl)cc1N. The molecular weight excluding hydrogens is 254 g/mol. The van der Waals surface area contributed by atoms with Gasteiger partial charge in [-0.25, -0.2) is 0 Å². The van der Waals surface area contributed by atoms with Crippen molar-refractivity contribution in [3.05, 3.63) is 23.2 Å². The fraction of sp³-hybridized carbons (Fsp3) is 0.538. The molecule has 0 saturated carbocycles. The van der Waals surface area contributed by atoms with Crippen molar-refractivity contribution >= 4 is 28.1 Å². The lowest BCUT2D eigenvalue weighted by molar-refractivity contribution is 0.647. The van der Waals surface area contributed by atoms with Crippen molar-refractivity contribution in [2.24, 2.45) is 0 Å². The van der Waals surface area contributed by atoms with Crippen LogP contribution < -0.4 is 5.73 Å². The summed E-state index contributed by atoms with van der Waals surface area (Å²) in [6.07, 6.45) is 5.86. The molecule has 0 saturated heterocycles. The highest BCUT2D eigenvalue weighted by molar-refractivity contribution is 7.85. The molecule has 0 heterocycles. The summed E-state index contributed by atoms with van der Waals surface area (Å²) in [5.41, 5.74) is 6.33. The van der Waals surface area contributed by atoms with Crippen LogP contribution in [0, 0.1) is 0 Å². The maximum atomic E-state index is 12.0. The van der Waals surface area contributed by atoms with Gasteiger partial charge in [0.15, 0.2) is 0 Å². The lowest BCUT2D eigenvalue weighted by atomic mass is 10.2. The van der Waals surface area contributed by atoms with Gasteiger partial charge in [-0.2, -0.15) is 0 Å². The molecule has 17 heavy (non-hydrogen) atoms. The van der Waals surface area contributed by atoms with Crippen molar-refractivity contribution in [3.8, 4) is 0 Å². The van der Waals surface area contributed by atoms with Crippen molar-refractivity contribution in [2.45, 2.75) is 43.9 Å². The molecule has 2 nitrogen and oxygen atoms in total. The predicted octanol–water partition coefficient (Wildman–Crippen LogP) is 4.00. The number of anilines is 1. The number of nitrogen functional groups attached to an aromatic ring is 1. The Morgan fingerprint density at radius 1 is 1.24 bits per heavy atom. The van der Waals surface area contributed by atoms with Gasteiger partial charge in [0.05, 0.1) is 15.7 Å². The summed E-state index contributed by atoms with van der Waals surface area (Å²) in [4.78, 5) is 0.713. The zero-order valence-corrected chi connectivity index (χ0v) is 11.8. The summed E-state index contributed by atoms with van der Waals surface area (Å²) in [5, 5.41) is 0.589. The number of halogens is 1. The molecule has 96 valence electrons. The number of hydrogen-bond acceptors (Lipinski definition) is 2. The van der Waals surface area contributed by atoms with Crippen LogP contribution in [-0.4, -0.2) is 9.96 Å². The fourth-order valence-electron chi connectivity index (χ4n) is 1.67. The number of benzene rings is 1. The van der Waals surface area contributed by atoms with Gasteiger partial charge in [0.1, 0.15) is 0 Å². The van der Waals surface area contributed by atoms with Crippen LogP contribution in [0.25, 0.3) is 0 Å². The van der Waals surface area contributed by atoms with Gasteiger partial charge < -0.3 is 5.73 Å². The molecule has 0 bridgehead atoms. The third-order valence-electron chi connectivity index (χ3n) is 2.65. The van der Waals surface area contributed by atoms with Crippen LogP contribution in [0.2, 0.25) is 5.02 Å². The summed E-state index contributed by atoms with van der Waals surface area (Å²) in [7, 11) is -0.992. The molecule has 0 aliphatic rings. The molecule has 0 amide bonds. The van der Waals surface area contributed by atoms with E-state index in [1.54, 1.807) is 18.2 Å². The van der Waals surface area contributed by atoms with E-state index in [0.717, 1.165) is 12.8 Å². The molecule has 0 fully saturated rings. The number of unbranched alkanes of at least 4 members (excludes halogenated alkanes) is 4. The van der Waals surface area contributed by atoms with Gasteiger partial charge in [-0.15, -0.1) is 0 Å². The molecule has 1 aromatic rings. The molecule has 2 N–H and O–H groups in total. The van der Waals surface area contributed by atoms with Crippen LogP contribution in [0.4, 0.5) is 5.69 Å². The molecular formula is C13H20ClNOS. The van der Waals surface area contributed by atoms with Crippen LogP contribution in [-0.2, 0) is 10.8 Å². The first-order chi connectivity index (χ1) is 8.15. The predicted molar refractivity (Wildman–Crippen MR) is 75.9 cm³/mol. The largest absolute Gasteiger partial charge is 0.398 e. The Labute approximate surface area is 111 Å². The van der Waals surface area contributed by atoms with E-state index in [1.807, 2.05) is 0 Å². The fourth-order valence-corrected chi connectivity index (χ4v) is 3.08. The van der Waals surface area contributed by atoms with Crippen molar-refractivity contribution in [1.82, 2.24) is 0 Å². The molecule has 0 spiro atoms. The zero-order valence-electron chi connectivity index (χ0n) is 10.2. The van der Waals surface area contributed by atoms with Gasteiger partial charge in [0, 0.05) is 16.5 Å². The lowest BCUT2D eigenvalue weighted by Crippen LogP contribution is -2.02. The Balaban J connectivity index is 2.42. The smallest absolute Gasteiger partial charge is 0.0618 e. The Kier molecular flexibility index (Phi) is 6.60. The van der Waals surface area contributed by atoms with E-state index < -0.39 is 10.8 Å². The monoisotopic (exact) mass is 273 g/mol. The Morgan fingerprint density at radius 2 is 1.94 bits per heavy atom. The number of rotatable bonds is 7. The average Bonchev–Trinajstić information content (AvgIpc) is 2.28. The lowest BCUT2D eigenvalue weighted by Gasteiger charge is -2.06. The van der Waals surface area contributed by atoms with Crippen molar-refractivity contribution < 1.29 is 4.21 Å². The Bertz CT molecular complexity index is 382. The summed E-state index contributed by atoms with van der Waals surface area (Å²) < 4.78 is 12.0. The van der Waals surface area contributed by atoms with Gasteiger partial charge in [-0.05, 0) is 24.6 Å². The minimum Gasteiger partial charge on any atom is -0.398 e. The van der Waals surface area contributed by atoms with Crippen molar-refractivity contribution in [2.75, 3.05) is 11.5 Å². The average molecular weight is 274 g/mol. The van der Waals surface area contributed by atoms with E-state index >= 15 is 0 Å². The normalized spacial score (nSPS) is 12.6. The first-order valence-electron chi connectivity index (χ1n) is 6.08. The minimum atomic E-state index is -0.992. The van der Waals surface area contributed by atoms with Gasteiger partial charge in [-0.3, -0.25) is 4.21 Å². The maximum absolute atomic E-state index is 12.0. The third kappa shape index (κ3) is 5.09. The minimum absolute atomic E-state index is 0.532. The summed E-state index contributed by atoms with van der Waals surface area (Å²) in [5.74, 6) is 0.690. The van der Waals surface area contributed by atoms with Gasteiger partial charge >= 0.3 is 0 Å². The Morgan fingerprint density at radius 3 is 2.59 bits per heavy atom. The second-order valence-corrected chi connectivity index (χ2v) is 6.12. The van der Waals surface area contributed by atoms with Gasteiger partial charge in [0.25, 0.3) is 0 Å². The summed E-state index contributed by atoms with van der Waals surface area (Å²) >= 11 is 5.80. The molecule has 0 aromatic heterocycles. The van der Waals surface area contributed by atoms with E-state index in [9.17, 15) is 4.21 Å². The van der Waals surface area contributed by atoms with Gasteiger partial charge in [-0.1, -0.05) is 44.2 Å². The maximum Gasteiger partial charge on any atom is 0.0618 e. The van der Waals surface area contributed by atoms with Crippen molar-refractivity contribution in [1.29, 1.82) is 0 Å². The second kappa shape index (κ2) is 7.72. The van der Waals surface area contributed by atoms with Crippen LogP contribution in [0.15, 0.2) is 23.1 Å². The van der Waals surface area contributed by atoms with E-state index in [-0.39, 0.29) is 0 Å². The van der Waals surface area contributed by atoms with E-state index in [1.165, 1.54) is 19.3 Å². The van der Waals surface area contributed by atoms with E-state index in [0.29, 0.717) is 21.4 Å². The molecule has 4 heteroatoms. The quantitative estimate of drug-likeness (QED) is 0.603. The highest BCUT2D eigenvalue weighted by atomic mass is 35.5. The second-order valence-electron chi connectivity index (χ2n) is 4.15. The van der Waals surface area contributed by atoms with Crippen LogP contribution in [0.3, 0.4) is 0 Å². The van der Waals surface area contributed by atoms with Crippen molar-refractivity contribution in [3.63, 3.8) is 0 Å². The molecule has 1 aromatic carbocycles. The van der Waals surface area contributed by atoms with E-state index in [2.05, 4.69) is 6.92 Å². The standard InChI is InChI=1S/C13H20ClNOS/c1-2-3-4-5-6-9-17(16)13-8-7-11(14)10-12(13)15/h7-8,10H,2-6,9,15H2,1H3. The number of hydrogen-bond donors (Lipinski definition) is 1. The van der Waals surface area contributed by atoms with Crippen LogP contribution in [0.5, 0.6) is 0 Å². The summed E-state index contributed by atoms with van der Waals surface area (Å²) in [6, 6.07) is 5.16. The Hall–Kier alpha value is -0.540. The van der Waals surface area contributed by atoms with E-state index in [4.69, 9.17) is 17.3 Å². The molecule has 1 atom stereocenters. The third-order valence-corrected chi connectivity index (χ3v) is 4.41. The molecule has 0 aliphatic heterocycles. The highest BCUT2D eigenvalue weighted by Gasteiger charge is 2.07. The topological polar surface area (TPSA) is 43.1 Å². The van der Waals surface area contributed by atoms with Gasteiger partial charge in [0.2, 0.25) is 0 Å². The molecule has 0 aliphatic carbocycles. The molecule has 0 radical (unpaired) electrons. The first-order valence-corrected chi connectivity index (χ1v) is 7.78. The molecule has 1 unspecified atom stereocenters.